The van der Waals surface area contributed by atoms with Crippen LogP contribution in [0.15, 0.2) is 34.9 Å². The van der Waals surface area contributed by atoms with E-state index in [1.54, 1.807) is 6.92 Å². The van der Waals surface area contributed by atoms with Crippen molar-refractivity contribution >= 4 is 29.3 Å². The van der Waals surface area contributed by atoms with E-state index < -0.39 is 17.0 Å². The smallest absolute Gasteiger partial charge is 0.309 e. The fourth-order valence-electron chi connectivity index (χ4n) is 17.8. The van der Waals surface area contributed by atoms with Gasteiger partial charge in [0.05, 0.1) is 11.5 Å². The summed E-state index contributed by atoms with van der Waals surface area (Å²) in [5.41, 5.74) is 1.29. The van der Waals surface area contributed by atoms with Gasteiger partial charge in [0.1, 0.15) is 0 Å². The monoisotopic (exact) mass is 855 g/mol. The number of rotatable bonds is 3. The van der Waals surface area contributed by atoms with Gasteiger partial charge in [-0.05, 0) is 190 Å². The molecule has 9 rings (SSSR count). The lowest BCUT2D eigenvalue weighted by molar-refractivity contribution is -0.202. The van der Waals surface area contributed by atoms with E-state index >= 15 is 0 Å². The topological polar surface area (TPSA) is 135 Å². The number of hydrogen-bond donors (Lipinski definition) is 2. The number of aliphatic hydroxyl groups excluding tert-OH is 1. The number of carbonyl (C=O) groups excluding carboxylic acids is 4. The van der Waals surface area contributed by atoms with Gasteiger partial charge in [0.25, 0.3) is 0 Å². The maximum atomic E-state index is 14.2. The van der Waals surface area contributed by atoms with Crippen LogP contribution in [-0.4, -0.2) is 51.2 Å². The van der Waals surface area contributed by atoms with Gasteiger partial charge in [-0.3, -0.25) is 24.0 Å². The van der Waals surface area contributed by atoms with Crippen LogP contribution in [0.1, 0.15) is 179 Å². The number of allylic oxidation sites excluding steroid dienone is 6. The van der Waals surface area contributed by atoms with E-state index in [4.69, 9.17) is 4.74 Å². The first-order valence-corrected chi connectivity index (χ1v) is 24.4. The average Bonchev–Trinajstić information content (AvgIpc) is 3.48. The summed E-state index contributed by atoms with van der Waals surface area (Å²) in [4.78, 5) is 63.2. The van der Waals surface area contributed by atoms with Crippen LogP contribution in [0, 0.1) is 78.8 Å². The predicted molar refractivity (Wildman–Crippen MR) is 239 cm³/mol. The van der Waals surface area contributed by atoms with Crippen LogP contribution in [-0.2, 0) is 28.7 Å². The zero-order valence-electron chi connectivity index (χ0n) is 40.2. The highest BCUT2D eigenvalue weighted by Gasteiger charge is 2.71. The Morgan fingerprint density at radius 2 is 1.39 bits per heavy atom. The van der Waals surface area contributed by atoms with Crippen molar-refractivity contribution in [2.24, 2.45) is 78.8 Å². The van der Waals surface area contributed by atoms with Gasteiger partial charge >= 0.3 is 11.9 Å². The minimum absolute atomic E-state index is 0.0160. The molecule has 0 aromatic heterocycles. The predicted octanol–water partition coefficient (Wildman–Crippen LogP) is 11.0. The van der Waals surface area contributed by atoms with Gasteiger partial charge in [-0.1, -0.05) is 72.6 Å². The lowest BCUT2D eigenvalue weighted by Crippen LogP contribution is -2.66. The van der Waals surface area contributed by atoms with E-state index in [0.717, 1.165) is 77.0 Å². The van der Waals surface area contributed by atoms with Crippen LogP contribution in [0.4, 0.5) is 0 Å². The molecule has 6 fully saturated rings. The molecule has 15 unspecified atom stereocenters. The first-order chi connectivity index (χ1) is 28.6. The Hall–Kier alpha value is -2.87. The number of esters is 1. The summed E-state index contributed by atoms with van der Waals surface area (Å²) >= 11 is 0. The van der Waals surface area contributed by atoms with E-state index in [2.05, 4.69) is 68.4 Å². The third-order valence-electron chi connectivity index (χ3n) is 21.9. The number of carboxylic acids is 1. The third-order valence-corrected chi connectivity index (χ3v) is 21.9. The largest absolute Gasteiger partial charge is 0.481 e. The molecular formula is C54H78O8. The van der Waals surface area contributed by atoms with Gasteiger partial charge in [0, 0.05) is 24.7 Å². The Balaban J connectivity index is 0.000000174. The van der Waals surface area contributed by atoms with Crippen molar-refractivity contribution in [3.8, 4) is 0 Å². The second-order valence-electron chi connectivity index (χ2n) is 25.0. The third kappa shape index (κ3) is 6.00. The second-order valence-corrected chi connectivity index (χ2v) is 25.0. The Labute approximate surface area is 371 Å². The highest BCUT2D eigenvalue weighted by molar-refractivity contribution is 5.96. The Morgan fingerprint density at radius 1 is 0.742 bits per heavy atom. The summed E-state index contributed by atoms with van der Waals surface area (Å²) in [7, 11) is 0. The SMILES string of the molecule is CC(=O)OC1(C(C)=O)CCC2C3C=C(C)C4=CC(=O)CCC4(C)C3CCC21C.CC1(C(=O)O)CCC2(C)CCC3(C)C(=CC(=O)C4C5(C)CCC(O)C(C)(C)C5CCC43C)C2C1. The van der Waals surface area contributed by atoms with Crippen molar-refractivity contribution in [1.82, 2.24) is 0 Å². The molecule has 2 N–H and O–H groups in total. The molecule has 0 amide bonds. The number of ketones is 3. The lowest BCUT2D eigenvalue weighted by Gasteiger charge is -2.70. The van der Waals surface area contributed by atoms with Crippen LogP contribution in [0.3, 0.4) is 0 Å². The minimum atomic E-state index is -0.990. The number of carbonyl (C=O) groups is 5. The summed E-state index contributed by atoms with van der Waals surface area (Å²) in [6.07, 6.45) is 19.1. The van der Waals surface area contributed by atoms with Crippen molar-refractivity contribution in [1.29, 1.82) is 0 Å². The van der Waals surface area contributed by atoms with Crippen molar-refractivity contribution in [3.05, 3.63) is 34.9 Å². The first-order valence-electron chi connectivity index (χ1n) is 24.4. The van der Waals surface area contributed by atoms with E-state index in [1.807, 2.05) is 19.1 Å². The maximum Gasteiger partial charge on any atom is 0.309 e. The molecule has 15 atom stereocenters. The average molecular weight is 855 g/mol. The molecular weight excluding hydrogens is 777 g/mol. The zero-order valence-corrected chi connectivity index (χ0v) is 40.2. The number of Topliss-reactive ketones (excluding diaryl/α,β-unsaturated/α-hetero) is 1. The van der Waals surface area contributed by atoms with Gasteiger partial charge in [0.2, 0.25) is 0 Å². The van der Waals surface area contributed by atoms with E-state index in [-0.39, 0.29) is 79.2 Å². The summed E-state index contributed by atoms with van der Waals surface area (Å²) in [6.45, 7) is 25.5. The van der Waals surface area contributed by atoms with Crippen molar-refractivity contribution < 1.29 is 38.9 Å². The van der Waals surface area contributed by atoms with Gasteiger partial charge in [-0.25, -0.2) is 0 Å². The maximum absolute atomic E-state index is 14.2. The van der Waals surface area contributed by atoms with Gasteiger partial charge in [-0.15, -0.1) is 0 Å². The molecule has 8 nitrogen and oxygen atoms in total. The second kappa shape index (κ2) is 14.3. The van der Waals surface area contributed by atoms with Crippen LogP contribution in [0.5, 0.6) is 0 Å². The molecule has 0 heterocycles. The number of hydrogen-bond acceptors (Lipinski definition) is 7. The Bertz CT molecular complexity index is 2070. The molecule has 0 radical (unpaired) electrons. The fourth-order valence-corrected chi connectivity index (χ4v) is 17.8. The summed E-state index contributed by atoms with van der Waals surface area (Å²) in [6, 6.07) is 0. The molecule has 9 aliphatic carbocycles. The van der Waals surface area contributed by atoms with Gasteiger partial charge < -0.3 is 14.9 Å². The van der Waals surface area contributed by atoms with Crippen LogP contribution in [0.2, 0.25) is 0 Å². The van der Waals surface area contributed by atoms with Crippen molar-refractivity contribution in [2.75, 3.05) is 0 Å². The summed E-state index contributed by atoms with van der Waals surface area (Å²) in [5, 5.41) is 20.9. The molecule has 0 saturated heterocycles. The zero-order chi connectivity index (χ0) is 45.6. The molecule has 0 aromatic carbocycles. The molecule has 0 aliphatic heterocycles. The molecule has 342 valence electrons. The number of aliphatic hydroxyl groups is 1. The highest BCUT2D eigenvalue weighted by Crippen LogP contribution is 2.75. The quantitative estimate of drug-likeness (QED) is 0.268. The Kier molecular flexibility index (Phi) is 10.5. The standard InChI is InChI=1S/C30H46O4.C24H32O4/c1-25(2)21-8-11-30(7)23(28(21,5)10-9-22(25)32)20(31)16-18-19-17-27(4,24(33)34)13-12-26(19,3)14-15-29(18,30)6;1-14-12-18-19(22(4)9-6-17(27)13-21(14)22)7-10-23(5)20(18)8-11-24(23,15(2)25)28-16(3)26/h16,19,21-23,32H,8-15,17H2,1-7H3,(H,33,34);12-13,18-20H,6-11H2,1-5H3. The lowest BCUT2D eigenvalue weighted by atomic mass is 9.33. The number of aliphatic carboxylic acids is 1. The molecule has 62 heavy (non-hydrogen) atoms. The van der Waals surface area contributed by atoms with E-state index in [0.29, 0.717) is 42.9 Å². The summed E-state index contributed by atoms with van der Waals surface area (Å²) < 4.78 is 5.82. The Morgan fingerprint density at radius 3 is 2.03 bits per heavy atom. The highest BCUT2D eigenvalue weighted by atomic mass is 16.6. The van der Waals surface area contributed by atoms with Gasteiger partial charge in [0.15, 0.2) is 23.0 Å². The van der Waals surface area contributed by atoms with Crippen molar-refractivity contribution in [3.63, 3.8) is 0 Å². The number of carboxylic acid groups (broad SMARTS) is 1. The van der Waals surface area contributed by atoms with Crippen LogP contribution >= 0.6 is 0 Å². The van der Waals surface area contributed by atoms with Crippen molar-refractivity contribution in [2.45, 2.75) is 191 Å². The molecule has 8 heteroatoms. The molecule has 9 aliphatic rings. The fraction of sp³-hybridized carbons (Fsp3) is 0.796. The summed E-state index contributed by atoms with van der Waals surface area (Å²) in [5.74, 6) is 1.09. The minimum Gasteiger partial charge on any atom is -0.481 e. The van der Waals surface area contributed by atoms with Gasteiger partial charge in [-0.2, -0.15) is 0 Å². The normalized spacial score (nSPS) is 49.8. The number of ether oxygens (including phenoxy) is 1. The van der Waals surface area contributed by atoms with Crippen LogP contribution < -0.4 is 0 Å². The van der Waals surface area contributed by atoms with E-state index in [1.165, 1.54) is 23.6 Å². The first kappa shape index (κ1) is 45.7. The molecule has 0 bridgehead atoms. The van der Waals surface area contributed by atoms with E-state index in [9.17, 15) is 34.2 Å². The number of fused-ring (bicyclic) bond motifs is 12. The molecule has 6 saturated carbocycles. The molecule has 0 spiro atoms. The van der Waals surface area contributed by atoms with Crippen LogP contribution in [0.25, 0.3) is 0 Å². The molecule has 0 aromatic rings.